The minimum absolute atomic E-state index is 0.124. The van der Waals surface area contributed by atoms with Gasteiger partial charge in [-0.2, -0.15) is 5.10 Å². The van der Waals surface area contributed by atoms with E-state index in [1.54, 1.807) is 13.3 Å². The van der Waals surface area contributed by atoms with Crippen LogP contribution in [0.5, 0.6) is 5.75 Å². The lowest BCUT2D eigenvalue weighted by Gasteiger charge is -2.08. The smallest absolute Gasteiger partial charge is 0.227 e. The fourth-order valence-corrected chi connectivity index (χ4v) is 2.90. The summed E-state index contributed by atoms with van der Waals surface area (Å²) in [5.74, 6) is 1.12. The Bertz CT molecular complexity index is 645. The lowest BCUT2D eigenvalue weighted by atomic mass is 10.1. The highest BCUT2D eigenvalue weighted by Crippen LogP contribution is 2.26. The van der Waals surface area contributed by atoms with Crippen molar-refractivity contribution >= 4 is 11.6 Å². The molecule has 22 heavy (non-hydrogen) atoms. The molecule has 0 atom stereocenters. The van der Waals surface area contributed by atoms with Gasteiger partial charge in [-0.1, -0.05) is 25.0 Å². The number of anilines is 1. The summed E-state index contributed by atoms with van der Waals surface area (Å²) < 4.78 is 7.04. The van der Waals surface area contributed by atoms with Gasteiger partial charge in [-0.15, -0.1) is 0 Å². The first kappa shape index (κ1) is 14.6. The number of aromatic nitrogens is 2. The molecule has 3 rings (SSSR count). The molecule has 1 fully saturated rings. The Morgan fingerprint density at radius 2 is 2.23 bits per heavy atom. The maximum Gasteiger partial charge on any atom is 0.227 e. The van der Waals surface area contributed by atoms with E-state index in [0.29, 0.717) is 6.54 Å². The second kappa shape index (κ2) is 6.64. The lowest BCUT2D eigenvalue weighted by molar-refractivity contribution is -0.119. The van der Waals surface area contributed by atoms with E-state index in [4.69, 9.17) is 4.74 Å². The molecule has 2 aromatic rings. The second-order valence-electron chi connectivity index (χ2n) is 5.75. The van der Waals surface area contributed by atoms with Crippen molar-refractivity contribution in [3.8, 4) is 5.75 Å². The number of rotatable bonds is 5. The molecule has 0 bridgehead atoms. The van der Waals surface area contributed by atoms with Gasteiger partial charge >= 0.3 is 0 Å². The number of amides is 1. The normalized spacial score (nSPS) is 15.0. The summed E-state index contributed by atoms with van der Waals surface area (Å²) in [6.07, 6.45) is 7.90. The zero-order valence-corrected chi connectivity index (χ0v) is 12.8. The largest absolute Gasteiger partial charge is 0.497 e. The average Bonchev–Trinajstić information content (AvgIpc) is 3.19. The maximum atomic E-state index is 12.1. The monoisotopic (exact) mass is 299 g/mol. The molecule has 5 heteroatoms. The zero-order chi connectivity index (χ0) is 15.4. The SMILES string of the molecule is COc1cccc(Cn2cc(NC(=O)C3CCCC3)cn2)c1. The molecule has 1 aromatic heterocycles. The highest BCUT2D eigenvalue weighted by Gasteiger charge is 2.22. The average molecular weight is 299 g/mol. The Morgan fingerprint density at radius 1 is 1.41 bits per heavy atom. The zero-order valence-electron chi connectivity index (χ0n) is 12.8. The van der Waals surface area contributed by atoms with Gasteiger partial charge in [0.25, 0.3) is 0 Å². The molecule has 1 N–H and O–H groups in total. The summed E-state index contributed by atoms with van der Waals surface area (Å²) in [6, 6.07) is 7.89. The molecule has 1 amide bonds. The van der Waals surface area contributed by atoms with E-state index >= 15 is 0 Å². The van der Waals surface area contributed by atoms with Crippen molar-refractivity contribution in [3.05, 3.63) is 42.2 Å². The summed E-state index contributed by atoms with van der Waals surface area (Å²) in [4.78, 5) is 12.1. The van der Waals surface area contributed by atoms with E-state index < -0.39 is 0 Å². The van der Waals surface area contributed by atoms with Crippen LogP contribution in [0.25, 0.3) is 0 Å². The molecule has 0 radical (unpaired) electrons. The molecule has 1 heterocycles. The van der Waals surface area contributed by atoms with Crippen molar-refractivity contribution in [2.75, 3.05) is 12.4 Å². The topological polar surface area (TPSA) is 56.1 Å². The van der Waals surface area contributed by atoms with Gasteiger partial charge in [0.2, 0.25) is 5.91 Å². The van der Waals surface area contributed by atoms with Crippen LogP contribution in [0.15, 0.2) is 36.7 Å². The Balaban J connectivity index is 1.62. The number of nitrogens with one attached hydrogen (secondary N) is 1. The molecule has 1 aromatic carbocycles. The van der Waals surface area contributed by atoms with Crippen LogP contribution in [0.2, 0.25) is 0 Å². The van der Waals surface area contributed by atoms with Crippen LogP contribution in [0.3, 0.4) is 0 Å². The van der Waals surface area contributed by atoms with E-state index in [1.807, 2.05) is 35.1 Å². The summed E-state index contributed by atoms with van der Waals surface area (Å²) in [7, 11) is 1.66. The number of nitrogens with zero attached hydrogens (tertiary/aromatic N) is 2. The lowest BCUT2D eigenvalue weighted by Crippen LogP contribution is -2.19. The highest BCUT2D eigenvalue weighted by atomic mass is 16.5. The van der Waals surface area contributed by atoms with Crippen LogP contribution in [-0.2, 0) is 11.3 Å². The number of methoxy groups -OCH3 is 1. The molecule has 1 saturated carbocycles. The summed E-state index contributed by atoms with van der Waals surface area (Å²) in [5.41, 5.74) is 1.87. The van der Waals surface area contributed by atoms with Crippen molar-refractivity contribution in [2.45, 2.75) is 32.2 Å². The van der Waals surface area contributed by atoms with E-state index in [0.717, 1.165) is 42.7 Å². The van der Waals surface area contributed by atoms with Gasteiger partial charge < -0.3 is 10.1 Å². The predicted molar refractivity (Wildman–Crippen MR) is 84.9 cm³/mol. The first-order valence-electron chi connectivity index (χ1n) is 7.71. The van der Waals surface area contributed by atoms with Gasteiger partial charge in [-0.05, 0) is 30.5 Å². The summed E-state index contributed by atoms with van der Waals surface area (Å²) >= 11 is 0. The molecule has 5 nitrogen and oxygen atoms in total. The molecule has 0 unspecified atom stereocenters. The third-order valence-electron chi connectivity index (χ3n) is 4.11. The third kappa shape index (κ3) is 3.47. The number of hydrogen-bond donors (Lipinski definition) is 1. The van der Waals surface area contributed by atoms with Crippen molar-refractivity contribution < 1.29 is 9.53 Å². The van der Waals surface area contributed by atoms with Gasteiger partial charge in [-0.25, -0.2) is 0 Å². The Hall–Kier alpha value is -2.30. The van der Waals surface area contributed by atoms with Crippen molar-refractivity contribution in [3.63, 3.8) is 0 Å². The van der Waals surface area contributed by atoms with Gasteiger partial charge in [0.05, 0.1) is 25.5 Å². The Labute approximate surface area is 130 Å². The van der Waals surface area contributed by atoms with Crippen molar-refractivity contribution in [2.24, 2.45) is 5.92 Å². The Morgan fingerprint density at radius 3 is 3.00 bits per heavy atom. The van der Waals surface area contributed by atoms with Crippen molar-refractivity contribution in [1.82, 2.24) is 9.78 Å². The number of hydrogen-bond acceptors (Lipinski definition) is 3. The van der Waals surface area contributed by atoms with E-state index in [9.17, 15) is 4.79 Å². The fourth-order valence-electron chi connectivity index (χ4n) is 2.90. The molecule has 0 aliphatic heterocycles. The number of carbonyl (C=O) groups excluding carboxylic acids is 1. The van der Waals surface area contributed by atoms with Crippen LogP contribution in [0.4, 0.5) is 5.69 Å². The van der Waals surface area contributed by atoms with Crippen LogP contribution in [0.1, 0.15) is 31.2 Å². The standard InChI is InChI=1S/C17H21N3O2/c1-22-16-8-4-5-13(9-16)11-20-12-15(10-18-20)19-17(21)14-6-2-3-7-14/h4-5,8-10,12,14H,2-3,6-7,11H2,1H3,(H,19,21). The Kier molecular flexibility index (Phi) is 4.42. The minimum Gasteiger partial charge on any atom is -0.497 e. The predicted octanol–water partition coefficient (Wildman–Crippen LogP) is 3.07. The van der Waals surface area contributed by atoms with Crippen LogP contribution in [-0.4, -0.2) is 22.8 Å². The minimum atomic E-state index is 0.124. The highest BCUT2D eigenvalue weighted by molar-refractivity contribution is 5.92. The maximum absolute atomic E-state index is 12.1. The second-order valence-corrected chi connectivity index (χ2v) is 5.75. The molecular weight excluding hydrogens is 278 g/mol. The summed E-state index contributed by atoms with van der Waals surface area (Å²) in [5, 5.41) is 7.27. The number of ether oxygens (including phenoxy) is 1. The van der Waals surface area contributed by atoms with Crippen molar-refractivity contribution in [1.29, 1.82) is 0 Å². The first-order chi connectivity index (χ1) is 10.7. The van der Waals surface area contributed by atoms with Gasteiger partial charge in [0.1, 0.15) is 5.75 Å². The molecule has 0 spiro atoms. The van der Waals surface area contributed by atoms with E-state index in [2.05, 4.69) is 10.4 Å². The number of carbonyl (C=O) groups is 1. The van der Waals surface area contributed by atoms with Gasteiger partial charge in [-0.3, -0.25) is 9.48 Å². The quantitative estimate of drug-likeness (QED) is 0.923. The van der Waals surface area contributed by atoms with E-state index in [-0.39, 0.29) is 11.8 Å². The van der Waals surface area contributed by atoms with Gasteiger partial charge in [0.15, 0.2) is 0 Å². The van der Waals surface area contributed by atoms with Crippen LogP contribution < -0.4 is 10.1 Å². The van der Waals surface area contributed by atoms with Crippen LogP contribution >= 0.6 is 0 Å². The molecule has 116 valence electrons. The first-order valence-corrected chi connectivity index (χ1v) is 7.71. The third-order valence-corrected chi connectivity index (χ3v) is 4.11. The molecule has 1 aliphatic rings. The molecular formula is C17H21N3O2. The summed E-state index contributed by atoms with van der Waals surface area (Å²) in [6.45, 7) is 0.649. The van der Waals surface area contributed by atoms with E-state index in [1.165, 1.54) is 0 Å². The molecule has 1 aliphatic carbocycles. The fraction of sp³-hybridized carbons (Fsp3) is 0.412. The molecule has 0 saturated heterocycles. The van der Waals surface area contributed by atoms with Gasteiger partial charge in [0, 0.05) is 12.1 Å². The van der Waals surface area contributed by atoms with Crippen LogP contribution in [0, 0.1) is 5.92 Å². The number of benzene rings is 1.